The van der Waals surface area contributed by atoms with Crippen LogP contribution in [0.2, 0.25) is 0 Å². The Morgan fingerprint density at radius 2 is 2.10 bits per heavy atom. The molecule has 0 aliphatic rings. The molecule has 1 aromatic heterocycles. The standard InChI is InChI=1S/C4H5N3O2S/c5-10-3-1-2(8)6-4(9)7-3/h1H,5H2,(H2,6,7,8,9). The lowest BCUT2D eigenvalue weighted by Gasteiger charge is -1.90. The molecule has 0 atom stereocenters. The molecule has 0 unspecified atom stereocenters. The molecule has 0 saturated heterocycles. The van der Waals surface area contributed by atoms with Crippen molar-refractivity contribution in [2.24, 2.45) is 5.14 Å². The largest absolute Gasteiger partial charge is 0.326 e. The molecule has 0 aromatic carbocycles. The van der Waals surface area contributed by atoms with Crippen LogP contribution in [-0.4, -0.2) is 9.97 Å². The van der Waals surface area contributed by atoms with Crippen molar-refractivity contribution in [1.82, 2.24) is 9.97 Å². The summed E-state index contributed by atoms with van der Waals surface area (Å²) in [7, 11) is 0. The minimum atomic E-state index is -0.541. The van der Waals surface area contributed by atoms with Gasteiger partial charge in [0.2, 0.25) is 0 Å². The lowest BCUT2D eigenvalue weighted by molar-refractivity contribution is 0.950. The second-order valence-electron chi connectivity index (χ2n) is 1.57. The summed E-state index contributed by atoms with van der Waals surface area (Å²) in [6.45, 7) is 0. The average molecular weight is 159 g/mol. The van der Waals surface area contributed by atoms with Gasteiger partial charge >= 0.3 is 5.69 Å². The zero-order chi connectivity index (χ0) is 7.56. The van der Waals surface area contributed by atoms with Crippen molar-refractivity contribution in [3.05, 3.63) is 26.9 Å². The fraction of sp³-hybridized carbons (Fsp3) is 0. The predicted molar refractivity (Wildman–Crippen MR) is 37.7 cm³/mol. The zero-order valence-corrected chi connectivity index (χ0v) is 5.70. The van der Waals surface area contributed by atoms with Crippen LogP contribution in [0.4, 0.5) is 0 Å². The molecular formula is C4H5N3O2S. The summed E-state index contributed by atoms with van der Waals surface area (Å²) in [4.78, 5) is 25.3. The molecule has 1 rings (SSSR count). The first-order chi connectivity index (χ1) is 4.72. The Morgan fingerprint density at radius 1 is 1.40 bits per heavy atom. The highest BCUT2D eigenvalue weighted by Gasteiger charge is 1.92. The predicted octanol–water partition coefficient (Wildman–Crippen LogP) is -0.971. The Labute approximate surface area is 59.8 Å². The molecule has 0 fully saturated rings. The van der Waals surface area contributed by atoms with Crippen molar-refractivity contribution in [2.45, 2.75) is 5.03 Å². The van der Waals surface area contributed by atoms with Gasteiger partial charge in [0.15, 0.2) is 0 Å². The van der Waals surface area contributed by atoms with Crippen LogP contribution in [0, 0.1) is 0 Å². The Kier molecular flexibility index (Phi) is 1.93. The van der Waals surface area contributed by atoms with Crippen LogP contribution in [0.1, 0.15) is 0 Å². The number of aromatic nitrogens is 2. The van der Waals surface area contributed by atoms with Crippen LogP contribution in [0.15, 0.2) is 20.7 Å². The molecule has 10 heavy (non-hydrogen) atoms. The molecule has 0 radical (unpaired) electrons. The van der Waals surface area contributed by atoms with E-state index in [0.29, 0.717) is 5.03 Å². The van der Waals surface area contributed by atoms with E-state index in [2.05, 4.69) is 4.98 Å². The Hall–Kier alpha value is -1.01. The molecule has 0 amide bonds. The van der Waals surface area contributed by atoms with Crippen LogP contribution in [0.5, 0.6) is 0 Å². The second-order valence-corrected chi connectivity index (χ2v) is 2.25. The van der Waals surface area contributed by atoms with E-state index in [0.717, 1.165) is 11.9 Å². The number of nitrogens with two attached hydrogens (primary N) is 1. The Morgan fingerprint density at radius 3 is 2.60 bits per heavy atom. The first-order valence-corrected chi connectivity index (χ1v) is 3.31. The minimum absolute atomic E-state index is 0.355. The SMILES string of the molecule is NSc1cc(=O)[nH]c(=O)[nH]1. The number of hydrogen-bond donors (Lipinski definition) is 3. The molecule has 1 heterocycles. The lowest BCUT2D eigenvalue weighted by atomic mass is 10.7. The molecule has 0 spiro atoms. The van der Waals surface area contributed by atoms with Crippen molar-refractivity contribution < 1.29 is 0 Å². The molecule has 54 valence electrons. The number of aromatic amines is 2. The average Bonchev–Trinajstić information content (AvgIpc) is 1.85. The van der Waals surface area contributed by atoms with Gasteiger partial charge in [-0.15, -0.1) is 0 Å². The number of rotatable bonds is 1. The lowest BCUT2D eigenvalue weighted by Crippen LogP contribution is -2.21. The van der Waals surface area contributed by atoms with Gasteiger partial charge in [0.25, 0.3) is 5.56 Å². The molecule has 4 N–H and O–H groups in total. The summed E-state index contributed by atoms with van der Waals surface area (Å²) < 4.78 is 0. The molecule has 1 aromatic rings. The van der Waals surface area contributed by atoms with E-state index >= 15 is 0 Å². The highest BCUT2D eigenvalue weighted by Crippen LogP contribution is 1.98. The van der Waals surface area contributed by atoms with Crippen LogP contribution in [-0.2, 0) is 0 Å². The van der Waals surface area contributed by atoms with Crippen LogP contribution in [0.3, 0.4) is 0 Å². The minimum Gasteiger partial charge on any atom is -0.301 e. The summed E-state index contributed by atoms with van der Waals surface area (Å²) in [6, 6.07) is 1.21. The van der Waals surface area contributed by atoms with E-state index in [9.17, 15) is 9.59 Å². The molecule has 0 aliphatic carbocycles. The van der Waals surface area contributed by atoms with E-state index < -0.39 is 11.2 Å². The van der Waals surface area contributed by atoms with Crippen molar-refractivity contribution in [1.29, 1.82) is 0 Å². The van der Waals surface area contributed by atoms with Gasteiger partial charge < -0.3 is 4.98 Å². The van der Waals surface area contributed by atoms with Crippen LogP contribution >= 0.6 is 11.9 Å². The summed E-state index contributed by atoms with van der Waals surface area (Å²) in [5.41, 5.74) is -0.989. The van der Waals surface area contributed by atoms with E-state index in [1.807, 2.05) is 4.98 Å². The maximum absolute atomic E-state index is 10.5. The van der Waals surface area contributed by atoms with E-state index in [4.69, 9.17) is 5.14 Å². The fourth-order valence-corrected chi connectivity index (χ4v) is 0.836. The highest BCUT2D eigenvalue weighted by molar-refractivity contribution is 7.97. The summed E-state index contributed by atoms with van der Waals surface area (Å²) in [5, 5.41) is 5.44. The molecular weight excluding hydrogens is 154 g/mol. The molecule has 6 heteroatoms. The maximum atomic E-state index is 10.5. The third-order valence-electron chi connectivity index (χ3n) is 0.863. The Balaban J connectivity index is 3.33. The normalized spacial score (nSPS) is 9.70. The van der Waals surface area contributed by atoms with Gasteiger partial charge in [-0.2, -0.15) is 0 Å². The second kappa shape index (κ2) is 2.72. The van der Waals surface area contributed by atoms with Gasteiger partial charge in [-0.05, 0) is 11.9 Å². The summed E-state index contributed by atoms with van der Waals surface area (Å²) in [5.74, 6) is 0. The van der Waals surface area contributed by atoms with Gasteiger partial charge in [-0.25, -0.2) is 4.79 Å². The van der Waals surface area contributed by atoms with Gasteiger partial charge in [-0.1, -0.05) is 0 Å². The fourth-order valence-electron chi connectivity index (χ4n) is 0.510. The quantitative estimate of drug-likeness (QED) is 0.363. The third-order valence-corrected chi connectivity index (χ3v) is 1.34. The molecule has 0 bridgehead atoms. The van der Waals surface area contributed by atoms with Gasteiger partial charge in [-0.3, -0.25) is 14.9 Å². The molecule has 5 nitrogen and oxygen atoms in total. The van der Waals surface area contributed by atoms with Gasteiger partial charge in [0.1, 0.15) is 0 Å². The molecule has 0 saturated carbocycles. The monoisotopic (exact) mass is 159 g/mol. The smallest absolute Gasteiger partial charge is 0.301 e. The van der Waals surface area contributed by atoms with Crippen LogP contribution < -0.4 is 16.4 Å². The third kappa shape index (κ3) is 1.49. The Bertz CT molecular complexity index is 300. The highest BCUT2D eigenvalue weighted by atomic mass is 32.2. The topological polar surface area (TPSA) is 91.7 Å². The first kappa shape index (κ1) is 7.10. The van der Waals surface area contributed by atoms with E-state index in [1.54, 1.807) is 0 Å². The summed E-state index contributed by atoms with van der Waals surface area (Å²) >= 11 is 0.822. The number of nitrogens with one attached hydrogen (secondary N) is 2. The van der Waals surface area contributed by atoms with Gasteiger partial charge in [0.05, 0.1) is 5.03 Å². The van der Waals surface area contributed by atoms with Crippen molar-refractivity contribution >= 4 is 11.9 Å². The first-order valence-electron chi connectivity index (χ1n) is 2.43. The maximum Gasteiger partial charge on any atom is 0.326 e. The van der Waals surface area contributed by atoms with Gasteiger partial charge in [0, 0.05) is 6.07 Å². The van der Waals surface area contributed by atoms with Crippen molar-refractivity contribution in [2.75, 3.05) is 0 Å². The van der Waals surface area contributed by atoms with E-state index in [1.165, 1.54) is 6.07 Å². The molecule has 0 aliphatic heterocycles. The number of hydrogen-bond acceptors (Lipinski definition) is 4. The van der Waals surface area contributed by atoms with Crippen molar-refractivity contribution in [3.63, 3.8) is 0 Å². The summed E-state index contributed by atoms with van der Waals surface area (Å²) in [6.07, 6.45) is 0. The van der Waals surface area contributed by atoms with Crippen LogP contribution in [0.25, 0.3) is 0 Å². The number of H-pyrrole nitrogens is 2. The van der Waals surface area contributed by atoms with Crippen molar-refractivity contribution in [3.8, 4) is 0 Å². The zero-order valence-electron chi connectivity index (χ0n) is 4.88. The van der Waals surface area contributed by atoms with E-state index in [-0.39, 0.29) is 0 Å².